The summed E-state index contributed by atoms with van der Waals surface area (Å²) in [5.74, 6) is -0.787. The fourth-order valence-electron chi connectivity index (χ4n) is 3.05. The number of hydrogen-bond acceptors (Lipinski definition) is 9. The van der Waals surface area contributed by atoms with Crippen molar-refractivity contribution in [2.75, 3.05) is 77.9 Å². The van der Waals surface area contributed by atoms with Gasteiger partial charge in [0.15, 0.2) is 28.4 Å². The number of likely N-dealkylation sites (N-methyl/N-ethyl adjacent to an activating group) is 1. The van der Waals surface area contributed by atoms with E-state index in [4.69, 9.17) is 28.8 Å². The Morgan fingerprint density at radius 3 is 2.37 bits per heavy atom. The lowest BCUT2D eigenvalue weighted by Crippen LogP contribution is -2.48. The van der Waals surface area contributed by atoms with E-state index in [1.807, 2.05) is 0 Å². The molecule has 0 bridgehead atoms. The van der Waals surface area contributed by atoms with E-state index >= 15 is 0 Å². The molecule has 0 unspecified atom stereocenters. The first-order valence-corrected chi connectivity index (χ1v) is 10.4. The van der Waals surface area contributed by atoms with Crippen LogP contribution in [0.1, 0.15) is 23.3 Å². The number of anilines is 2. The molecule has 0 aromatic carbocycles. The zero-order valence-electron chi connectivity index (χ0n) is 17.8. The summed E-state index contributed by atoms with van der Waals surface area (Å²) in [4.78, 5) is 31.2. The third-order valence-electron chi connectivity index (χ3n) is 4.85. The number of nitrogens with zero attached hydrogens (tertiary/aromatic N) is 6. The molecule has 2 rings (SSSR count). The van der Waals surface area contributed by atoms with Crippen molar-refractivity contribution >= 4 is 35.1 Å². The highest BCUT2D eigenvalue weighted by atomic mass is 35.5. The monoisotopic (exact) mass is 440 g/mol. The average molecular weight is 441 g/mol. The first kappa shape index (κ1) is 24.1. The van der Waals surface area contributed by atoms with Crippen molar-refractivity contribution in [1.82, 2.24) is 30.0 Å². The van der Waals surface area contributed by atoms with Gasteiger partial charge in [0.2, 0.25) is 0 Å². The van der Waals surface area contributed by atoms with E-state index in [0.29, 0.717) is 6.54 Å². The minimum atomic E-state index is -0.629. The zero-order valence-corrected chi connectivity index (χ0v) is 18.5. The largest absolute Gasteiger partial charge is 0.382 e. The number of nitrogens with one attached hydrogen (secondary N) is 1. The summed E-state index contributed by atoms with van der Waals surface area (Å²) in [7, 11) is 4.21. The number of unbranched alkanes of at least 4 members (excludes halogenated alkanes) is 1. The number of amides is 1. The van der Waals surface area contributed by atoms with Gasteiger partial charge in [0, 0.05) is 45.8 Å². The molecule has 0 spiro atoms. The lowest BCUT2D eigenvalue weighted by Gasteiger charge is -2.35. The number of rotatable bonds is 9. The Kier molecular flexibility index (Phi) is 9.50. The van der Waals surface area contributed by atoms with E-state index in [9.17, 15) is 4.79 Å². The summed E-state index contributed by atoms with van der Waals surface area (Å²) in [5, 5.41) is 2.34. The summed E-state index contributed by atoms with van der Waals surface area (Å²) >= 11 is 5.78. The van der Waals surface area contributed by atoms with E-state index in [1.165, 1.54) is 0 Å². The van der Waals surface area contributed by atoms with Gasteiger partial charge in [-0.05, 0) is 33.5 Å². The number of nitrogen functional groups attached to an aromatic ring is 2. The molecule has 0 radical (unpaired) electrons. The third kappa shape index (κ3) is 7.90. The molecule has 2 heterocycles. The molecule has 11 nitrogen and oxygen atoms in total. The Labute approximate surface area is 182 Å². The molecule has 1 amide bonds. The van der Waals surface area contributed by atoms with Crippen molar-refractivity contribution in [3.05, 3.63) is 10.8 Å². The van der Waals surface area contributed by atoms with Crippen LogP contribution >= 0.6 is 11.6 Å². The predicted molar refractivity (Wildman–Crippen MR) is 120 cm³/mol. The first-order chi connectivity index (χ1) is 14.3. The molecule has 1 aliphatic heterocycles. The SMILES string of the molecule is CN(C)CCN1CCN(CCCCN=C(N)NC(=O)c2nc(Cl)c(N)nc2N)CC1. The number of nitrogens with two attached hydrogens (primary N) is 3. The van der Waals surface area contributed by atoms with Crippen molar-refractivity contribution in [3.8, 4) is 0 Å². The van der Waals surface area contributed by atoms with Crippen LogP contribution in [-0.2, 0) is 0 Å². The Morgan fingerprint density at radius 2 is 1.73 bits per heavy atom. The Hall–Kier alpha value is -2.21. The van der Waals surface area contributed by atoms with Gasteiger partial charge in [-0.3, -0.25) is 20.0 Å². The highest BCUT2D eigenvalue weighted by Crippen LogP contribution is 2.17. The number of carbonyl (C=O) groups is 1. The normalized spacial score (nSPS) is 16.2. The maximum Gasteiger partial charge on any atom is 0.280 e. The molecule has 30 heavy (non-hydrogen) atoms. The van der Waals surface area contributed by atoms with Gasteiger partial charge >= 0.3 is 0 Å². The standard InChI is InChI=1S/C18H33ClN10O/c1-27(2)7-8-29-11-9-28(10-12-29)6-4-3-5-23-18(22)26-17(30)13-15(20)25-16(21)14(19)24-13/h3-12H2,1-2H3,(H4,20,21,25)(H3,22,23,26,30). The third-order valence-corrected chi connectivity index (χ3v) is 5.13. The molecule has 7 N–H and O–H groups in total. The van der Waals surface area contributed by atoms with Crippen LogP contribution in [-0.4, -0.2) is 103 Å². The van der Waals surface area contributed by atoms with Crippen LogP contribution in [0, 0.1) is 0 Å². The van der Waals surface area contributed by atoms with Crippen LogP contribution in [0.25, 0.3) is 0 Å². The van der Waals surface area contributed by atoms with Gasteiger partial charge in [0.25, 0.3) is 5.91 Å². The van der Waals surface area contributed by atoms with Crippen molar-refractivity contribution in [3.63, 3.8) is 0 Å². The molecular formula is C18H33ClN10O. The number of aliphatic imine (C=N–C) groups is 1. The van der Waals surface area contributed by atoms with Crippen molar-refractivity contribution < 1.29 is 4.79 Å². The van der Waals surface area contributed by atoms with E-state index in [2.05, 4.69) is 49.1 Å². The average Bonchev–Trinajstić information content (AvgIpc) is 2.69. The van der Waals surface area contributed by atoms with E-state index in [-0.39, 0.29) is 28.4 Å². The van der Waals surface area contributed by atoms with Crippen LogP contribution in [0.15, 0.2) is 4.99 Å². The number of carbonyl (C=O) groups excluding carboxylic acids is 1. The van der Waals surface area contributed by atoms with Crippen LogP contribution < -0.4 is 22.5 Å². The van der Waals surface area contributed by atoms with Crippen LogP contribution in [0.3, 0.4) is 0 Å². The topological polar surface area (TPSA) is 155 Å². The van der Waals surface area contributed by atoms with Crippen LogP contribution in [0.2, 0.25) is 5.15 Å². The quantitative estimate of drug-likeness (QED) is 0.221. The van der Waals surface area contributed by atoms with Gasteiger partial charge in [0.1, 0.15) is 0 Å². The molecule has 1 aromatic rings. The summed E-state index contributed by atoms with van der Waals surface area (Å²) in [5.41, 5.74) is 16.8. The predicted octanol–water partition coefficient (Wildman–Crippen LogP) is -0.702. The molecular weight excluding hydrogens is 408 g/mol. The maximum absolute atomic E-state index is 12.2. The van der Waals surface area contributed by atoms with Crippen molar-refractivity contribution in [2.45, 2.75) is 12.8 Å². The summed E-state index contributed by atoms with van der Waals surface area (Å²) in [6.07, 6.45) is 1.90. The van der Waals surface area contributed by atoms with Crippen LogP contribution in [0.5, 0.6) is 0 Å². The number of halogens is 1. The summed E-state index contributed by atoms with van der Waals surface area (Å²) < 4.78 is 0. The number of aromatic nitrogens is 2. The molecule has 1 aliphatic rings. The second kappa shape index (κ2) is 11.8. The van der Waals surface area contributed by atoms with E-state index in [1.54, 1.807) is 0 Å². The van der Waals surface area contributed by atoms with Gasteiger partial charge in [-0.15, -0.1) is 0 Å². The van der Waals surface area contributed by atoms with Crippen LogP contribution in [0.4, 0.5) is 11.6 Å². The minimum Gasteiger partial charge on any atom is -0.382 e. The minimum absolute atomic E-state index is 0.00338. The van der Waals surface area contributed by atoms with Gasteiger partial charge in [-0.25, -0.2) is 9.97 Å². The maximum atomic E-state index is 12.2. The number of hydrogen-bond donors (Lipinski definition) is 4. The highest BCUT2D eigenvalue weighted by molar-refractivity contribution is 6.31. The van der Waals surface area contributed by atoms with E-state index < -0.39 is 5.91 Å². The van der Waals surface area contributed by atoms with Crippen molar-refractivity contribution in [1.29, 1.82) is 0 Å². The summed E-state index contributed by atoms with van der Waals surface area (Å²) in [6, 6.07) is 0. The molecule has 12 heteroatoms. The molecule has 168 valence electrons. The van der Waals surface area contributed by atoms with Gasteiger partial charge in [-0.2, -0.15) is 0 Å². The molecule has 1 saturated heterocycles. The Bertz CT molecular complexity index is 734. The molecule has 0 atom stereocenters. The van der Waals surface area contributed by atoms with Gasteiger partial charge in [0.05, 0.1) is 0 Å². The fourth-order valence-corrected chi connectivity index (χ4v) is 3.18. The fraction of sp³-hybridized carbons (Fsp3) is 0.667. The van der Waals surface area contributed by atoms with Gasteiger partial charge in [-0.1, -0.05) is 11.6 Å². The smallest absolute Gasteiger partial charge is 0.280 e. The van der Waals surface area contributed by atoms with Crippen molar-refractivity contribution in [2.24, 2.45) is 10.7 Å². The lowest BCUT2D eigenvalue weighted by atomic mass is 10.2. The second-order valence-corrected chi connectivity index (χ2v) is 7.91. The first-order valence-electron chi connectivity index (χ1n) is 10.1. The Morgan fingerprint density at radius 1 is 1.10 bits per heavy atom. The highest BCUT2D eigenvalue weighted by Gasteiger charge is 2.17. The second-order valence-electron chi connectivity index (χ2n) is 7.55. The zero-order chi connectivity index (χ0) is 22.1. The number of guanidine groups is 1. The van der Waals surface area contributed by atoms with Gasteiger partial charge < -0.3 is 27.0 Å². The molecule has 1 fully saturated rings. The molecule has 0 aliphatic carbocycles. The summed E-state index contributed by atoms with van der Waals surface area (Å²) in [6.45, 7) is 8.22. The lowest BCUT2D eigenvalue weighted by molar-refractivity contribution is 0.0972. The molecule has 0 saturated carbocycles. The number of piperazine rings is 1. The molecule has 1 aromatic heterocycles. The van der Waals surface area contributed by atoms with E-state index in [0.717, 1.165) is 58.7 Å². The Balaban J connectivity index is 1.64.